The Labute approximate surface area is 132 Å². The van der Waals surface area contributed by atoms with Crippen molar-refractivity contribution >= 4 is 27.7 Å². The Balaban J connectivity index is 1.66. The molecule has 0 atom stereocenters. The van der Waals surface area contributed by atoms with Crippen LogP contribution in [0.15, 0.2) is 16.7 Å². The fourth-order valence-electron chi connectivity index (χ4n) is 2.90. The lowest BCUT2D eigenvalue weighted by Crippen LogP contribution is -2.41. The summed E-state index contributed by atoms with van der Waals surface area (Å²) in [7, 11) is 0. The van der Waals surface area contributed by atoms with Gasteiger partial charge in [-0.15, -0.1) is 0 Å². The van der Waals surface area contributed by atoms with E-state index in [1.54, 1.807) is 6.20 Å². The Morgan fingerprint density at radius 2 is 2.05 bits per heavy atom. The highest BCUT2D eigenvalue weighted by molar-refractivity contribution is 9.10. The molecule has 0 spiro atoms. The van der Waals surface area contributed by atoms with Crippen LogP contribution in [-0.2, 0) is 4.79 Å². The number of hydrogen-bond donors (Lipinski definition) is 0. The van der Waals surface area contributed by atoms with Gasteiger partial charge in [0.25, 0.3) is 0 Å². The van der Waals surface area contributed by atoms with Crippen molar-refractivity contribution in [2.24, 2.45) is 5.92 Å². The maximum absolute atomic E-state index is 14.0. The van der Waals surface area contributed by atoms with Gasteiger partial charge in [-0.25, -0.2) is 9.37 Å². The van der Waals surface area contributed by atoms with Gasteiger partial charge in [0.05, 0.1) is 0 Å². The van der Waals surface area contributed by atoms with E-state index in [9.17, 15) is 9.18 Å². The number of nitrogens with zero attached hydrogens (tertiary/aromatic N) is 3. The molecular weight excluding hydrogens is 337 g/mol. The summed E-state index contributed by atoms with van der Waals surface area (Å²) < 4.78 is 14.6. The van der Waals surface area contributed by atoms with Gasteiger partial charge in [0.1, 0.15) is 0 Å². The number of carbonyl (C=O) groups excluding carboxylic acids is 1. The highest BCUT2D eigenvalue weighted by Gasteiger charge is 2.30. The smallest absolute Gasteiger partial charge is 0.225 e. The standard InChI is InChI=1S/C15H19BrFN3O/c16-12-9-13(17)14(18-10-12)19-5-2-6-20(8-7-19)15(21)11-3-1-4-11/h9-11H,1-8H2. The van der Waals surface area contributed by atoms with E-state index < -0.39 is 0 Å². The maximum atomic E-state index is 14.0. The number of anilines is 1. The van der Waals surface area contributed by atoms with E-state index in [-0.39, 0.29) is 17.6 Å². The molecule has 1 saturated carbocycles. The average molecular weight is 356 g/mol. The van der Waals surface area contributed by atoms with Gasteiger partial charge >= 0.3 is 0 Å². The summed E-state index contributed by atoms with van der Waals surface area (Å²) in [4.78, 5) is 20.4. The van der Waals surface area contributed by atoms with Gasteiger partial charge in [0.15, 0.2) is 11.6 Å². The zero-order valence-corrected chi connectivity index (χ0v) is 13.5. The lowest BCUT2D eigenvalue weighted by Gasteiger charge is -2.31. The highest BCUT2D eigenvalue weighted by Crippen LogP contribution is 2.29. The van der Waals surface area contributed by atoms with Crippen LogP contribution in [0.2, 0.25) is 0 Å². The summed E-state index contributed by atoms with van der Waals surface area (Å²) in [5.74, 6) is 0.589. The SMILES string of the molecule is O=C(C1CCC1)N1CCCN(c2ncc(Br)cc2F)CC1. The van der Waals surface area contributed by atoms with E-state index in [1.807, 2.05) is 9.80 Å². The molecule has 6 heteroatoms. The van der Waals surface area contributed by atoms with Crippen molar-refractivity contribution in [3.63, 3.8) is 0 Å². The molecule has 1 aliphatic carbocycles. The van der Waals surface area contributed by atoms with Crippen molar-refractivity contribution in [2.75, 3.05) is 31.1 Å². The molecular formula is C15H19BrFN3O. The van der Waals surface area contributed by atoms with Crippen LogP contribution in [0.3, 0.4) is 0 Å². The summed E-state index contributed by atoms with van der Waals surface area (Å²) in [6.07, 6.45) is 5.70. The predicted molar refractivity (Wildman–Crippen MR) is 82.6 cm³/mol. The Morgan fingerprint density at radius 1 is 1.24 bits per heavy atom. The first-order valence-corrected chi connectivity index (χ1v) is 8.29. The summed E-state index contributed by atoms with van der Waals surface area (Å²) in [5, 5.41) is 0. The summed E-state index contributed by atoms with van der Waals surface area (Å²) in [5.41, 5.74) is 0. The Kier molecular flexibility index (Phi) is 4.42. The minimum Gasteiger partial charge on any atom is -0.352 e. The van der Waals surface area contributed by atoms with Crippen molar-refractivity contribution in [2.45, 2.75) is 25.7 Å². The van der Waals surface area contributed by atoms with Crippen molar-refractivity contribution in [1.29, 1.82) is 0 Å². The number of amides is 1. The largest absolute Gasteiger partial charge is 0.352 e. The van der Waals surface area contributed by atoms with E-state index >= 15 is 0 Å². The van der Waals surface area contributed by atoms with Crippen molar-refractivity contribution in [1.82, 2.24) is 9.88 Å². The van der Waals surface area contributed by atoms with Crippen LogP contribution in [0.5, 0.6) is 0 Å². The van der Waals surface area contributed by atoms with E-state index in [1.165, 1.54) is 12.5 Å². The molecule has 4 nitrogen and oxygen atoms in total. The molecule has 1 saturated heterocycles. The zero-order chi connectivity index (χ0) is 14.8. The highest BCUT2D eigenvalue weighted by atomic mass is 79.9. The number of aromatic nitrogens is 1. The van der Waals surface area contributed by atoms with E-state index in [0.717, 1.165) is 32.4 Å². The minimum absolute atomic E-state index is 0.235. The first-order valence-electron chi connectivity index (χ1n) is 7.50. The third kappa shape index (κ3) is 3.20. The number of carbonyl (C=O) groups is 1. The van der Waals surface area contributed by atoms with E-state index in [4.69, 9.17) is 0 Å². The molecule has 1 amide bonds. The normalized spacial score (nSPS) is 20.1. The molecule has 114 valence electrons. The second-order valence-electron chi connectivity index (χ2n) is 5.75. The third-order valence-electron chi connectivity index (χ3n) is 4.35. The second kappa shape index (κ2) is 6.30. The molecule has 0 radical (unpaired) electrons. The Hall–Kier alpha value is -1.17. The monoisotopic (exact) mass is 355 g/mol. The van der Waals surface area contributed by atoms with Gasteiger partial charge in [-0.3, -0.25) is 4.79 Å². The number of hydrogen-bond acceptors (Lipinski definition) is 3. The van der Waals surface area contributed by atoms with Gasteiger partial charge < -0.3 is 9.80 Å². The number of rotatable bonds is 2. The van der Waals surface area contributed by atoms with Gasteiger partial charge in [0.2, 0.25) is 5.91 Å². The first-order chi connectivity index (χ1) is 10.1. The van der Waals surface area contributed by atoms with Crippen LogP contribution in [0.4, 0.5) is 10.2 Å². The van der Waals surface area contributed by atoms with Gasteiger partial charge in [-0.05, 0) is 41.3 Å². The van der Waals surface area contributed by atoms with Crippen LogP contribution < -0.4 is 4.90 Å². The summed E-state index contributed by atoms with van der Waals surface area (Å²) in [6, 6.07) is 1.44. The quantitative estimate of drug-likeness (QED) is 0.818. The van der Waals surface area contributed by atoms with Crippen LogP contribution >= 0.6 is 15.9 Å². The topological polar surface area (TPSA) is 36.4 Å². The van der Waals surface area contributed by atoms with E-state index in [2.05, 4.69) is 20.9 Å². The lowest BCUT2D eigenvalue weighted by molar-refractivity contribution is -0.137. The summed E-state index contributed by atoms with van der Waals surface area (Å²) >= 11 is 3.22. The Morgan fingerprint density at radius 3 is 2.71 bits per heavy atom. The van der Waals surface area contributed by atoms with Crippen LogP contribution in [0, 0.1) is 11.7 Å². The van der Waals surface area contributed by atoms with Crippen LogP contribution in [0.1, 0.15) is 25.7 Å². The molecule has 0 N–H and O–H groups in total. The molecule has 21 heavy (non-hydrogen) atoms. The van der Waals surface area contributed by atoms with Gasteiger partial charge in [-0.2, -0.15) is 0 Å². The third-order valence-corrected chi connectivity index (χ3v) is 4.78. The Bertz CT molecular complexity index is 536. The number of halogens is 2. The molecule has 0 bridgehead atoms. The molecule has 0 aromatic carbocycles. The summed E-state index contributed by atoms with van der Waals surface area (Å²) in [6.45, 7) is 2.81. The van der Waals surface area contributed by atoms with Crippen molar-refractivity contribution in [3.05, 3.63) is 22.6 Å². The number of pyridine rings is 1. The van der Waals surface area contributed by atoms with Gasteiger partial charge in [0, 0.05) is 42.8 Å². The molecule has 2 fully saturated rings. The van der Waals surface area contributed by atoms with Crippen molar-refractivity contribution < 1.29 is 9.18 Å². The molecule has 1 aliphatic heterocycles. The molecule has 3 rings (SSSR count). The lowest BCUT2D eigenvalue weighted by atomic mass is 9.84. The predicted octanol–water partition coefficient (Wildman–Crippen LogP) is 2.82. The van der Waals surface area contributed by atoms with Gasteiger partial charge in [-0.1, -0.05) is 6.42 Å². The first kappa shape index (κ1) is 14.8. The maximum Gasteiger partial charge on any atom is 0.225 e. The molecule has 2 heterocycles. The zero-order valence-electron chi connectivity index (χ0n) is 11.9. The molecule has 2 aliphatic rings. The molecule has 0 unspecified atom stereocenters. The van der Waals surface area contributed by atoms with Crippen LogP contribution in [-0.4, -0.2) is 42.0 Å². The van der Waals surface area contributed by atoms with Crippen molar-refractivity contribution in [3.8, 4) is 0 Å². The minimum atomic E-state index is -0.317. The molecule has 1 aromatic rings. The fourth-order valence-corrected chi connectivity index (χ4v) is 3.21. The fraction of sp³-hybridized carbons (Fsp3) is 0.600. The second-order valence-corrected chi connectivity index (χ2v) is 6.67. The van der Waals surface area contributed by atoms with E-state index in [0.29, 0.717) is 23.4 Å². The average Bonchev–Trinajstić information content (AvgIpc) is 2.62. The molecule has 1 aromatic heterocycles. The van der Waals surface area contributed by atoms with Crippen LogP contribution in [0.25, 0.3) is 0 Å².